The van der Waals surface area contributed by atoms with E-state index in [1.165, 1.54) is 24.3 Å². The monoisotopic (exact) mass is 511 g/mol. The van der Waals surface area contributed by atoms with Crippen molar-refractivity contribution in [3.05, 3.63) is 69.6 Å². The number of fused-ring (bicyclic) bond motifs is 1. The Morgan fingerprint density at radius 1 is 1.11 bits per heavy atom. The van der Waals surface area contributed by atoms with Gasteiger partial charge < -0.3 is 34.5 Å². The molecule has 0 spiro atoms. The number of phosphoric acid groups is 1. The Morgan fingerprint density at radius 3 is 2.43 bits per heavy atom. The van der Waals surface area contributed by atoms with E-state index < -0.39 is 47.9 Å². The number of aryl methyl sites for hydroxylation is 1. The number of phenolic OH excluding ortho intramolecular Hbond substituents is 1. The third-order valence-electron chi connectivity index (χ3n) is 4.65. The van der Waals surface area contributed by atoms with Gasteiger partial charge in [0.1, 0.15) is 11.3 Å². The van der Waals surface area contributed by atoms with E-state index >= 15 is 0 Å². The molecule has 0 aliphatic heterocycles. The summed E-state index contributed by atoms with van der Waals surface area (Å²) in [6, 6.07) is 7.31. The molecule has 0 fully saturated rings. The van der Waals surface area contributed by atoms with Gasteiger partial charge in [-0.2, -0.15) is 4.39 Å². The normalized spacial score (nSPS) is 12.7. The van der Waals surface area contributed by atoms with Crippen LogP contribution in [-0.2, 0) is 15.8 Å². The zero-order valence-corrected chi connectivity index (χ0v) is 18.6. The van der Waals surface area contributed by atoms with Crippen LogP contribution in [0.3, 0.4) is 0 Å². The molecule has 4 N–H and O–H groups in total. The van der Waals surface area contributed by atoms with Gasteiger partial charge in [-0.15, -0.1) is 0 Å². The van der Waals surface area contributed by atoms with Gasteiger partial charge in [-0.3, -0.25) is 14.2 Å². The van der Waals surface area contributed by atoms with Gasteiger partial charge in [0, 0.05) is 24.9 Å². The summed E-state index contributed by atoms with van der Waals surface area (Å²) in [5, 5.41) is 13.9. The van der Waals surface area contributed by atoms with Gasteiger partial charge in [-0.25, -0.2) is 9.18 Å². The van der Waals surface area contributed by atoms with E-state index in [9.17, 15) is 37.7 Å². The first-order chi connectivity index (χ1) is 16.4. The largest absolute Gasteiger partial charge is 0.746 e. The van der Waals surface area contributed by atoms with Crippen LogP contribution in [0.1, 0.15) is 22.3 Å². The maximum atomic E-state index is 13.8. The lowest BCUT2D eigenvalue weighted by atomic mass is 10.1. The molecular weight excluding hydrogens is 493 g/mol. The maximum Gasteiger partial charge on any atom is 0.349 e. The Hall–Kier alpha value is -3.80. The summed E-state index contributed by atoms with van der Waals surface area (Å²) in [6.45, 7) is -0.0501. The summed E-state index contributed by atoms with van der Waals surface area (Å²) >= 11 is 0. The lowest BCUT2D eigenvalue weighted by molar-refractivity contribution is -0.211. The molecule has 3 aromatic rings. The molecule has 186 valence electrons. The fourth-order valence-corrected chi connectivity index (χ4v) is 3.40. The Labute approximate surface area is 195 Å². The number of benzene rings is 2. The second-order valence-corrected chi connectivity index (χ2v) is 8.32. The first kappa shape index (κ1) is 25.8. The smallest absolute Gasteiger partial charge is 0.349 e. The van der Waals surface area contributed by atoms with E-state index in [-0.39, 0.29) is 36.6 Å². The van der Waals surface area contributed by atoms with Gasteiger partial charge in [0.25, 0.3) is 5.91 Å². The maximum absolute atomic E-state index is 13.8. The highest BCUT2D eigenvalue weighted by Gasteiger charge is 2.19. The molecule has 2 amide bonds. The summed E-state index contributed by atoms with van der Waals surface area (Å²) in [5.41, 5.74) is -1.71. The Kier molecular flexibility index (Phi) is 7.85. The number of halogens is 2. The van der Waals surface area contributed by atoms with Crippen LogP contribution < -0.4 is 25.7 Å². The molecule has 35 heavy (non-hydrogen) atoms. The van der Waals surface area contributed by atoms with Crippen molar-refractivity contribution in [1.29, 1.82) is 0 Å². The van der Waals surface area contributed by atoms with Crippen molar-refractivity contribution in [1.82, 2.24) is 10.6 Å². The van der Waals surface area contributed by atoms with E-state index in [1.54, 1.807) is 0 Å². The molecule has 14 heteroatoms. The average molecular weight is 511 g/mol. The van der Waals surface area contributed by atoms with Gasteiger partial charge in [-0.1, -0.05) is 12.1 Å². The molecule has 0 aliphatic carbocycles. The molecule has 2 aromatic carbocycles. The molecule has 1 atom stereocenters. The van der Waals surface area contributed by atoms with Crippen molar-refractivity contribution < 1.29 is 46.8 Å². The number of nitrogens with one attached hydrogen (secondary N) is 2. The summed E-state index contributed by atoms with van der Waals surface area (Å²) < 4.78 is 47.1. The highest BCUT2D eigenvalue weighted by atomic mass is 31.2. The van der Waals surface area contributed by atoms with Crippen molar-refractivity contribution in [2.75, 3.05) is 13.1 Å². The van der Waals surface area contributed by atoms with Crippen molar-refractivity contribution in [2.24, 2.45) is 0 Å². The van der Waals surface area contributed by atoms with Crippen molar-refractivity contribution in [3.8, 4) is 11.5 Å². The summed E-state index contributed by atoms with van der Waals surface area (Å²) in [7, 11) is -4.90. The second kappa shape index (κ2) is 10.6. The predicted molar refractivity (Wildman–Crippen MR) is 115 cm³/mol. The van der Waals surface area contributed by atoms with Crippen LogP contribution >= 0.6 is 7.82 Å². The standard InChI is InChI=1S/C21H19F2N2O9P/c22-15-10-12-9-14(21(29)33-19(12)17(23)18(15)27)20(28)25-8-7-24-16(26)6-3-11-1-4-13(5-2-11)34-35(30,31)32/h1-2,4-5,9-10,27H,3,6-8H2,(H,24,26)(H,25,28)(H2,30,31,32)/p-1. The number of amides is 2. The van der Waals surface area contributed by atoms with Gasteiger partial charge >= 0.3 is 13.4 Å². The number of phenols is 1. The SMILES string of the molecule is O=C(CCc1ccc(OP(=O)([O-])O)cc1)NCCNC(=O)c1cc2cc(F)c(O)c(F)c2oc1=O. The zero-order valence-electron chi connectivity index (χ0n) is 17.7. The van der Waals surface area contributed by atoms with Gasteiger partial charge in [0.15, 0.2) is 17.1 Å². The molecule has 0 bridgehead atoms. The first-order valence-electron chi connectivity index (χ1n) is 9.96. The zero-order chi connectivity index (χ0) is 25.8. The number of hydrogen-bond acceptors (Lipinski definition) is 8. The molecule has 3 rings (SSSR count). The Bertz CT molecular complexity index is 1370. The van der Waals surface area contributed by atoms with Crippen molar-refractivity contribution >= 4 is 30.6 Å². The highest BCUT2D eigenvalue weighted by molar-refractivity contribution is 7.45. The first-order valence-corrected chi connectivity index (χ1v) is 11.5. The van der Waals surface area contributed by atoms with E-state index in [0.29, 0.717) is 18.1 Å². The summed E-state index contributed by atoms with van der Waals surface area (Å²) in [5.74, 6) is -5.39. The molecule has 1 unspecified atom stereocenters. The van der Waals surface area contributed by atoms with E-state index in [2.05, 4.69) is 15.2 Å². The third-order valence-corrected chi connectivity index (χ3v) is 5.10. The topological polar surface area (TPSA) is 178 Å². The fraction of sp³-hybridized carbons (Fsp3) is 0.190. The number of phosphoric ester groups is 1. The Morgan fingerprint density at radius 2 is 1.77 bits per heavy atom. The highest BCUT2D eigenvalue weighted by Crippen LogP contribution is 2.33. The van der Waals surface area contributed by atoms with Crippen LogP contribution in [0, 0.1) is 11.6 Å². The van der Waals surface area contributed by atoms with E-state index in [0.717, 1.165) is 6.07 Å². The molecule has 0 aliphatic rings. The second-order valence-electron chi connectivity index (χ2n) is 7.20. The third kappa shape index (κ3) is 6.85. The number of aromatic hydroxyl groups is 1. The van der Waals surface area contributed by atoms with Gasteiger partial charge in [0.05, 0.1) is 0 Å². The van der Waals surface area contributed by atoms with Gasteiger partial charge in [0.2, 0.25) is 11.7 Å². The Balaban J connectivity index is 1.47. The van der Waals surface area contributed by atoms with E-state index in [4.69, 9.17) is 9.31 Å². The molecule has 0 saturated carbocycles. The fourth-order valence-electron chi connectivity index (χ4n) is 3.01. The summed E-state index contributed by atoms with van der Waals surface area (Å²) in [6.07, 6.45) is 0.389. The molecule has 1 heterocycles. The van der Waals surface area contributed by atoms with Crippen LogP contribution in [0.4, 0.5) is 8.78 Å². The van der Waals surface area contributed by atoms with E-state index in [1.807, 2.05) is 0 Å². The van der Waals surface area contributed by atoms with Crippen LogP contribution in [0.2, 0.25) is 0 Å². The number of carbonyl (C=O) groups excluding carboxylic acids is 2. The minimum atomic E-state index is -4.90. The molecule has 0 radical (unpaired) electrons. The number of carbonyl (C=O) groups is 2. The number of hydrogen-bond donors (Lipinski definition) is 4. The quantitative estimate of drug-likeness (QED) is 0.186. The molecule has 11 nitrogen and oxygen atoms in total. The molecule has 0 saturated heterocycles. The van der Waals surface area contributed by atoms with Crippen molar-refractivity contribution in [3.63, 3.8) is 0 Å². The van der Waals surface area contributed by atoms with Crippen LogP contribution in [-0.4, -0.2) is 34.9 Å². The van der Waals surface area contributed by atoms with Crippen LogP contribution in [0.15, 0.2) is 45.6 Å². The van der Waals surface area contributed by atoms with Crippen molar-refractivity contribution in [2.45, 2.75) is 12.8 Å². The van der Waals surface area contributed by atoms with Crippen LogP contribution in [0.5, 0.6) is 11.5 Å². The number of rotatable bonds is 9. The van der Waals surface area contributed by atoms with Crippen LogP contribution in [0.25, 0.3) is 11.0 Å². The van der Waals surface area contributed by atoms with Gasteiger partial charge in [-0.05, 0) is 36.2 Å². The molecule has 1 aromatic heterocycles. The minimum absolute atomic E-state index is 0.0165. The summed E-state index contributed by atoms with van der Waals surface area (Å²) in [4.78, 5) is 55.5. The lowest BCUT2D eigenvalue weighted by Crippen LogP contribution is -2.36. The predicted octanol–water partition coefficient (Wildman–Crippen LogP) is 1.10. The minimum Gasteiger partial charge on any atom is -0.746 e. The average Bonchev–Trinajstić information content (AvgIpc) is 2.79. The molecular formula is C21H18F2N2O9P-. The lowest BCUT2D eigenvalue weighted by Gasteiger charge is -2.16.